The Morgan fingerprint density at radius 2 is 2.04 bits per heavy atom. The van der Waals surface area contributed by atoms with E-state index in [1.165, 1.54) is 7.11 Å². The van der Waals surface area contributed by atoms with E-state index >= 15 is 0 Å². The molecule has 1 saturated heterocycles. The van der Waals surface area contributed by atoms with Gasteiger partial charge in [0.05, 0.1) is 19.8 Å². The van der Waals surface area contributed by atoms with Crippen LogP contribution in [0, 0.1) is 0 Å². The van der Waals surface area contributed by atoms with Crippen molar-refractivity contribution in [2.45, 2.75) is 18.9 Å². The van der Waals surface area contributed by atoms with Crippen LogP contribution < -0.4 is 14.8 Å². The molecular formula is C18H28ClN3O4. The van der Waals surface area contributed by atoms with Crippen molar-refractivity contribution in [2.24, 2.45) is 0 Å². The Hall–Kier alpha value is -1.99. The van der Waals surface area contributed by atoms with E-state index in [-0.39, 0.29) is 24.2 Å². The topological polar surface area (TPSA) is 71.1 Å². The van der Waals surface area contributed by atoms with E-state index in [1.807, 2.05) is 7.05 Å². The Morgan fingerprint density at radius 1 is 1.31 bits per heavy atom. The van der Waals surface area contributed by atoms with Crippen molar-refractivity contribution >= 4 is 24.2 Å². The smallest absolute Gasteiger partial charge is 0.258 e. The molecule has 1 unspecified atom stereocenters. The molecule has 0 saturated carbocycles. The number of hydrogen-bond donors (Lipinski definition) is 1. The zero-order valence-corrected chi connectivity index (χ0v) is 16.6. The lowest BCUT2D eigenvalue weighted by Crippen LogP contribution is -2.47. The number of nitrogens with one attached hydrogen (secondary N) is 1. The largest absolute Gasteiger partial charge is 0.497 e. The highest BCUT2D eigenvalue weighted by Gasteiger charge is 2.36. The first kappa shape index (κ1) is 22.1. The van der Waals surface area contributed by atoms with Gasteiger partial charge in [-0.3, -0.25) is 9.59 Å². The molecular weight excluding hydrogens is 358 g/mol. The van der Waals surface area contributed by atoms with Gasteiger partial charge in [0, 0.05) is 32.7 Å². The van der Waals surface area contributed by atoms with E-state index in [9.17, 15) is 9.59 Å². The number of benzene rings is 1. The SMILES string of the molecule is CNCCN(C)C(=O)C1CCCN1C(=O)c1ccc(OC)cc1OC.Cl. The molecule has 1 aromatic carbocycles. The summed E-state index contributed by atoms with van der Waals surface area (Å²) in [6.45, 7) is 1.90. The van der Waals surface area contributed by atoms with Gasteiger partial charge in [-0.25, -0.2) is 0 Å². The lowest BCUT2D eigenvalue weighted by atomic mass is 10.1. The molecule has 1 N–H and O–H groups in total. The van der Waals surface area contributed by atoms with Crippen molar-refractivity contribution < 1.29 is 19.1 Å². The predicted octanol–water partition coefficient (Wildman–Crippen LogP) is 1.41. The van der Waals surface area contributed by atoms with Crippen molar-refractivity contribution in [3.8, 4) is 11.5 Å². The van der Waals surface area contributed by atoms with E-state index in [0.29, 0.717) is 36.6 Å². The number of carbonyl (C=O) groups is 2. The fraction of sp³-hybridized carbons (Fsp3) is 0.556. The molecule has 1 fully saturated rings. The normalized spacial score (nSPS) is 16.0. The third-order valence-corrected chi connectivity index (χ3v) is 4.51. The third kappa shape index (κ3) is 4.80. The molecule has 8 heteroatoms. The molecule has 2 rings (SSSR count). The number of nitrogens with zero attached hydrogens (tertiary/aromatic N) is 2. The molecule has 0 aromatic heterocycles. The number of rotatable bonds is 7. The van der Waals surface area contributed by atoms with E-state index in [4.69, 9.17) is 9.47 Å². The van der Waals surface area contributed by atoms with Crippen molar-refractivity contribution in [1.29, 1.82) is 0 Å². The van der Waals surface area contributed by atoms with Gasteiger partial charge in [0.2, 0.25) is 5.91 Å². The monoisotopic (exact) mass is 385 g/mol. The van der Waals surface area contributed by atoms with Gasteiger partial charge in [0.1, 0.15) is 17.5 Å². The first-order valence-electron chi connectivity index (χ1n) is 8.46. The van der Waals surface area contributed by atoms with E-state index in [1.54, 1.807) is 42.2 Å². The van der Waals surface area contributed by atoms with Crippen LogP contribution in [-0.2, 0) is 4.79 Å². The Bertz CT molecular complexity index is 626. The number of amides is 2. The minimum atomic E-state index is -0.416. The minimum Gasteiger partial charge on any atom is -0.497 e. The third-order valence-electron chi connectivity index (χ3n) is 4.51. The Kier molecular flexibility index (Phi) is 8.68. The van der Waals surface area contributed by atoms with Crippen LogP contribution >= 0.6 is 12.4 Å². The number of likely N-dealkylation sites (tertiary alicyclic amines) is 1. The molecule has 1 aromatic rings. The summed E-state index contributed by atoms with van der Waals surface area (Å²) >= 11 is 0. The maximum atomic E-state index is 13.0. The summed E-state index contributed by atoms with van der Waals surface area (Å²) in [6, 6.07) is 4.67. The number of halogens is 1. The molecule has 0 aliphatic carbocycles. The number of likely N-dealkylation sites (N-methyl/N-ethyl adjacent to an activating group) is 2. The van der Waals surface area contributed by atoms with Gasteiger partial charge in [0.15, 0.2) is 0 Å². The van der Waals surface area contributed by atoms with Crippen LogP contribution in [0.1, 0.15) is 23.2 Å². The average molecular weight is 386 g/mol. The molecule has 1 aliphatic heterocycles. The molecule has 0 bridgehead atoms. The Morgan fingerprint density at radius 3 is 2.65 bits per heavy atom. The van der Waals surface area contributed by atoms with Crippen LogP contribution in [0.25, 0.3) is 0 Å². The highest BCUT2D eigenvalue weighted by molar-refractivity contribution is 6.00. The van der Waals surface area contributed by atoms with Crippen molar-refractivity contribution in [2.75, 3.05) is 47.9 Å². The molecule has 26 heavy (non-hydrogen) atoms. The lowest BCUT2D eigenvalue weighted by Gasteiger charge is -2.28. The highest BCUT2D eigenvalue weighted by Crippen LogP contribution is 2.29. The molecule has 0 spiro atoms. The Balaban J connectivity index is 0.00000338. The molecule has 1 heterocycles. The highest BCUT2D eigenvalue weighted by atomic mass is 35.5. The standard InChI is InChI=1S/C18H27N3O4.ClH/c1-19-9-11-20(2)18(23)15-6-5-10-21(15)17(22)14-8-7-13(24-3)12-16(14)25-4;/h7-8,12,15,19H,5-6,9-11H2,1-4H3;1H. The maximum Gasteiger partial charge on any atom is 0.258 e. The number of ether oxygens (including phenoxy) is 2. The van der Waals surface area contributed by atoms with Crippen molar-refractivity contribution in [3.05, 3.63) is 23.8 Å². The fourth-order valence-electron chi connectivity index (χ4n) is 3.04. The van der Waals surface area contributed by atoms with Gasteiger partial charge in [0.25, 0.3) is 5.91 Å². The van der Waals surface area contributed by atoms with Crippen molar-refractivity contribution in [3.63, 3.8) is 0 Å². The zero-order valence-electron chi connectivity index (χ0n) is 15.8. The van der Waals surface area contributed by atoms with E-state index in [2.05, 4.69) is 5.32 Å². The quantitative estimate of drug-likeness (QED) is 0.768. The summed E-state index contributed by atoms with van der Waals surface area (Å²) in [5, 5.41) is 3.03. The minimum absolute atomic E-state index is 0. The fourth-order valence-corrected chi connectivity index (χ4v) is 3.04. The van der Waals surface area contributed by atoms with Crippen LogP contribution in [0.15, 0.2) is 18.2 Å². The zero-order chi connectivity index (χ0) is 18.4. The van der Waals surface area contributed by atoms with Crippen LogP contribution in [-0.4, -0.2) is 75.6 Å². The first-order valence-corrected chi connectivity index (χ1v) is 8.46. The van der Waals surface area contributed by atoms with Crippen LogP contribution in [0.4, 0.5) is 0 Å². The van der Waals surface area contributed by atoms with E-state index in [0.717, 1.165) is 13.0 Å². The summed E-state index contributed by atoms with van der Waals surface area (Å²) in [5.41, 5.74) is 0.445. The molecule has 1 aliphatic rings. The number of methoxy groups -OCH3 is 2. The van der Waals surface area contributed by atoms with Crippen LogP contribution in [0.5, 0.6) is 11.5 Å². The predicted molar refractivity (Wildman–Crippen MR) is 102 cm³/mol. The molecule has 2 amide bonds. The van der Waals surface area contributed by atoms with E-state index < -0.39 is 6.04 Å². The molecule has 1 atom stereocenters. The van der Waals surface area contributed by atoms with Crippen molar-refractivity contribution in [1.82, 2.24) is 15.1 Å². The summed E-state index contributed by atoms with van der Waals surface area (Å²) in [5.74, 6) is 0.867. The first-order chi connectivity index (χ1) is 12.0. The van der Waals surface area contributed by atoms with Crippen LogP contribution in [0.3, 0.4) is 0 Å². The summed E-state index contributed by atoms with van der Waals surface area (Å²) in [6.07, 6.45) is 1.51. The number of hydrogen-bond acceptors (Lipinski definition) is 5. The second-order valence-corrected chi connectivity index (χ2v) is 6.09. The second kappa shape index (κ2) is 10.2. The van der Waals surface area contributed by atoms with Gasteiger partial charge < -0.3 is 24.6 Å². The second-order valence-electron chi connectivity index (χ2n) is 6.09. The summed E-state index contributed by atoms with van der Waals surface area (Å²) < 4.78 is 10.5. The summed E-state index contributed by atoms with van der Waals surface area (Å²) in [4.78, 5) is 29.0. The summed E-state index contributed by atoms with van der Waals surface area (Å²) in [7, 11) is 6.70. The van der Waals surface area contributed by atoms with Gasteiger partial charge in [-0.2, -0.15) is 0 Å². The lowest BCUT2D eigenvalue weighted by molar-refractivity contribution is -0.133. The van der Waals surface area contributed by atoms with Gasteiger partial charge in [-0.05, 0) is 32.0 Å². The average Bonchev–Trinajstić information content (AvgIpc) is 3.13. The van der Waals surface area contributed by atoms with Gasteiger partial charge in [-0.1, -0.05) is 0 Å². The molecule has 146 valence electrons. The number of carbonyl (C=O) groups excluding carboxylic acids is 2. The molecule has 7 nitrogen and oxygen atoms in total. The molecule has 0 radical (unpaired) electrons. The Labute approximate surface area is 161 Å². The maximum absolute atomic E-state index is 13.0. The van der Waals surface area contributed by atoms with Crippen LogP contribution in [0.2, 0.25) is 0 Å². The van der Waals surface area contributed by atoms with Gasteiger partial charge in [-0.15, -0.1) is 12.4 Å². The van der Waals surface area contributed by atoms with Gasteiger partial charge >= 0.3 is 0 Å².